The zero-order valence-electron chi connectivity index (χ0n) is 15.7. The molecule has 3 rings (SSSR count). The molecule has 2 aromatic rings. The number of ketones is 1. The quantitative estimate of drug-likeness (QED) is 0.664. The Morgan fingerprint density at radius 2 is 2.07 bits per heavy atom. The molecule has 0 aliphatic heterocycles. The molecular weight excluding hydrogens is 352 g/mol. The van der Waals surface area contributed by atoms with Crippen molar-refractivity contribution in [2.45, 2.75) is 12.0 Å². The summed E-state index contributed by atoms with van der Waals surface area (Å²) >= 11 is 0. The average molecular weight is 372 g/mol. The second-order valence-corrected chi connectivity index (χ2v) is 6.69. The molecule has 1 amide bonds. The van der Waals surface area contributed by atoms with E-state index in [4.69, 9.17) is 0 Å². The number of pyridine rings is 1. The topological polar surface area (TPSA) is 70.5 Å². The standard InChI is InChI=1S/C23H20N2O3/c1-25(2)22(27)18-9-5-7-17(15-18)8-6-12-23(28)13-11-21(26)20(23)16-19-10-3-4-14-24-19/h3-5,7,9-11,13-16,28H,12H2,1-2H3/b20-16-. The summed E-state index contributed by atoms with van der Waals surface area (Å²) in [5, 5.41) is 10.9. The fraction of sp³-hybridized carbons (Fsp3) is 0.174. The van der Waals surface area contributed by atoms with Gasteiger partial charge in [-0.25, -0.2) is 0 Å². The summed E-state index contributed by atoms with van der Waals surface area (Å²) < 4.78 is 0. The molecule has 28 heavy (non-hydrogen) atoms. The summed E-state index contributed by atoms with van der Waals surface area (Å²) in [5.74, 6) is 5.53. The minimum absolute atomic E-state index is 0.0553. The number of rotatable bonds is 3. The lowest BCUT2D eigenvalue weighted by atomic mass is 9.92. The lowest BCUT2D eigenvalue weighted by Crippen LogP contribution is -2.27. The predicted octanol–water partition coefficient (Wildman–Crippen LogP) is 2.48. The van der Waals surface area contributed by atoms with Crippen LogP contribution in [0.3, 0.4) is 0 Å². The Morgan fingerprint density at radius 1 is 1.25 bits per heavy atom. The molecule has 0 bridgehead atoms. The highest BCUT2D eigenvalue weighted by atomic mass is 16.3. The Morgan fingerprint density at radius 3 is 2.79 bits per heavy atom. The van der Waals surface area contributed by atoms with E-state index in [-0.39, 0.29) is 23.7 Å². The third kappa shape index (κ3) is 4.25. The summed E-state index contributed by atoms with van der Waals surface area (Å²) in [6.45, 7) is 0. The van der Waals surface area contributed by atoms with Crippen molar-refractivity contribution < 1.29 is 14.7 Å². The second kappa shape index (κ2) is 8.03. The molecule has 1 aliphatic carbocycles. The number of allylic oxidation sites excluding steroid dienone is 1. The van der Waals surface area contributed by atoms with E-state index in [1.54, 1.807) is 62.8 Å². The van der Waals surface area contributed by atoms with Crippen molar-refractivity contribution in [2.75, 3.05) is 14.1 Å². The molecule has 1 aliphatic rings. The Labute approximate surface area is 164 Å². The predicted molar refractivity (Wildman–Crippen MR) is 107 cm³/mol. The molecule has 1 unspecified atom stereocenters. The van der Waals surface area contributed by atoms with Gasteiger partial charge in [0, 0.05) is 43.4 Å². The van der Waals surface area contributed by atoms with Gasteiger partial charge in [0.2, 0.25) is 0 Å². The number of nitrogens with zero attached hydrogens (tertiary/aromatic N) is 2. The van der Waals surface area contributed by atoms with Gasteiger partial charge in [0.05, 0.1) is 5.69 Å². The number of carbonyl (C=O) groups is 2. The molecule has 1 heterocycles. The first-order valence-electron chi connectivity index (χ1n) is 8.79. The maximum Gasteiger partial charge on any atom is 0.253 e. The van der Waals surface area contributed by atoms with Crippen LogP contribution in [0.15, 0.2) is 66.4 Å². The van der Waals surface area contributed by atoms with E-state index in [1.165, 1.54) is 17.1 Å². The molecule has 0 spiro atoms. The highest BCUT2D eigenvalue weighted by molar-refractivity contribution is 6.12. The number of benzene rings is 1. The fourth-order valence-electron chi connectivity index (χ4n) is 2.84. The van der Waals surface area contributed by atoms with Gasteiger partial charge in [0.1, 0.15) is 5.60 Å². The molecule has 0 saturated carbocycles. The fourth-order valence-corrected chi connectivity index (χ4v) is 2.84. The van der Waals surface area contributed by atoms with Crippen LogP contribution in [0, 0.1) is 11.8 Å². The largest absolute Gasteiger partial charge is 0.380 e. The van der Waals surface area contributed by atoms with Crippen LogP contribution in [-0.4, -0.2) is 46.4 Å². The lowest BCUT2D eigenvalue weighted by Gasteiger charge is -2.19. The molecule has 0 fully saturated rings. The van der Waals surface area contributed by atoms with Gasteiger partial charge in [-0.2, -0.15) is 0 Å². The summed E-state index contributed by atoms with van der Waals surface area (Å²) in [5.41, 5.74) is 0.591. The Kier molecular flexibility index (Phi) is 5.53. The van der Waals surface area contributed by atoms with Gasteiger partial charge < -0.3 is 10.0 Å². The van der Waals surface area contributed by atoms with Crippen LogP contribution in [0.4, 0.5) is 0 Å². The smallest absolute Gasteiger partial charge is 0.253 e. The monoisotopic (exact) mass is 372 g/mol. The number of amides is 1. The van der Waals surface area contributed by atoms with Crippen LogP contribution in [-0.2, 0) is 4.79 Å². The SMILES string of the molecule is CN(C)C(=O)c1cccc(C#CCC2(O)C=CC(=O)/C2=C/c2ccccn2)c1. The molecule has 0 saturated heterocycles. The van der Waals surface area contributed by atoms with Gasteiger partial charge in [-0.15, -0.1) is 0 Å². The van der Waals surface area contributed by atoms with Crippen LogP contribution in [0.2, 0.25) is 0 Å². The van der Waals surface area contributed by atoms with Gasteiger partial charge in [-0.1, -0.05) is 24.0 Å². The van der Waals surface area contributed by atoms with Gasteiger partial charge in [0.25, 0.3) is 5.91 Å². The molecule has 1 atom stereocenters. The molecular formula is C23H20N2O3. The molecule has 1 aromatic heterocycles. The minimum atomic E-state index is -1.46. The zero-order chi connectivity index (χ0) is 20.1. The molecule has 1 aromatic carbocycles. The van der Waals surface area contributed by atoms with Crippen LogP contribution in [0.25, 0.3) is 6.08 Å². The van der Waals surface area contributed by atoms with Gasteiger partial charge in [-0.3, -0.25) is 14.6 Å². The van der Waals surface area contributed by atoms with E-state index in [9.17, 15) is 14.7 Å². The number of aliphatic hydroxyl groups is 1. The zero-order valence-corrected chi connectivity index (χ0v) is 15.7. The van der Waals surface area contributed by atoms with Crippen molar-refractivity contribution in [1.29, 1.82) is 0 Å². The number of hydrogen-bond acceptors (Lipinski definition) is 4. The molecule has 1 N–H and O–H groups in total. The third-order valence-corrected chi connectivity index (χ3v) is 4.33. The van der Waals surface area contributed by atoms with Gasteiger partial charge in [-0.05, 0) is 48.6 Å². The Balaban J connectivity index is 1.82. The average Bonchev–Trinajstić information content (AvgIpc) is 2.97. The van der Waals surface area contributed by atoms with E-state index in [0.29, 0.717) is 16.8 Å². The number of aromatic nitrogens is 1. The molecule has 5 heteroatoms. The summed E-state index contributed by atoms with van der Waals surface area (Å²) in [7, 11) is 3.38. The third-order valence-electron chi connectivity index (χ3n) is 4.33. The van der Waals surface area contributed by atoms with Gasteiger partial charge >= 0.3 is 0 Å². The first-order chi connectivity index (χ1) is 13.4. The molecule has 140 valence electrons. The van der Waals surface area contributed by atoms with Gasteiger partial charge in [0.15, 0.2) is 5.78 Å². The second-order valence-electron chi connectivity index (χ2n) is 6.69. The van der Waals surface area contributed by atoms with Crippen molar-refractivity contribution in [2.24, 2.45) is 0 Å². The minimum Gasteiger partial charge on any atom is -0.380 e. The molecule has 5 nitrogen and oxygen atoms in total. The Bertz CT molecular complexity index is 1030. The van der Waals surface area contributed by atoms with Crippen molar-refractivity contribution in [1.82, 2.24) is 9.88 Å². The van der Waals surface area contributed by atoms with Crippen molar-refractivity contribution in [3.8, 4) is 11.8 Å². The van der Waals surface area contributed by atoms with Crippen molar-refractivity contribution >= 4 is 17.8 Å². The summed E-state index contributed by atoms with van der Waals surface area (Å²) in [6, 6.07) is 12.4. The molecule has 0 radical (unpaired) electrons. The normalized spacial score (nSPS) is 19.4. The lowest BCUT2D eigenvalue weighted by molar-refractivity contribution is -0.111. The maximum absolute atomic E-state index is 12.2. The van der Waals surface area contributed by atoms with Crippen molar-refractivity contribution in [3.05, 3.63) is 83.2 Å². The number of hydrogen-bond donors (Lipinski definition) is 1. The maximum atomic E-state index is 12.2. The van der Waals surface area contributed by atoms with Crippen LogP contribution in [0.1, 0.15) is 28.0 Å². The van der Waals surface area contributed by atoms with E-state index in [0.717, 1.165) is 0 Å². The van der Waals surface area contributed by atoms with E-state index >= 15 is 0 Å². The Hall–Kier alpha value is -3.49. The highest BCUT2D eigenvalue weighted by Gasteiger charge is 2.36. The van der Waals surface area contributed by atoms with E-state index in [2.05, 4.69) is 16.8 Å². The van der Waals surface area contributed by atoms with Crippen LogP contribution >= 0.6 is 0 Å². The summed E-state index contributed by atoms with van der Waals surface area (Å²) in [4.78, 5) is 29.9. The van der Waals surface area contributed by atoms with Crippen LogP contribution in [0.5, 0.6) is 0 Å². The highest BCUT2D eigenvalue weighted by Crippen LogP contribution is 2.30. The van der Waals surface area contributed by atoms with Crippen LogP contribution < -0.4 is 0 Å². The summed E-state index contributed by atoms with van der Waals surface area (Å²) in [6.07, 6.45) is 6.08. The van der Waals surface area contributed by atoms with Crippen molar-refractivity contribution in [3.63, 3.8) is 0 Å². The van der Waals surface area contributed by atoms with E-state index < -0.39 is 5.60 Å². The number of carbonyl (C=O) groups excluding carboxylic acids is 2. The first kappa shape index (κ1) is 19.3. The first-order valence-corrected chi connectivity index (χ1v) is 8.79. The van der Waals surface area contributed by atoms with E-state index in [1.807, 2.05) is 6.07 Å².